The van der Waals surface area contributed by atoms with Crippen molar-refractivity contribution >= 4 is 52.1 Å². The molecular weight excluding hydrogens is 468 g/mol. The fourth-order valence-corrected chi connectivity index (χ4v) is 7.97. The van der Waals surface area contributed by atoms with Crippen LogP contribution in [0.1, 0.15) is 58.3 Å². The first kappa shape index (κ1) is 23.9. The highest BCUT2D eigenvalue weighted by atomic mass is 35.5. The molecule has 1 saturated heterocycles. The van der Waals surface area contributed by atoms with Gasteiger partial charge < -0.3 is 20.4 Å². The SMILES string of the molecule is CCC(=O)N1CCN(c2ccc(NC(=S)NC(=O)CC34CC5CC(CC(C5)C3)C4)cc2Cl)CC1. The Morgan fingerprint density at radius 3 is 2.24 bits per heavy atom. The number of nitrogens with zero attached hydrogens (tertiary/aromatic N) is 2. The Hall–Kier alpha value is -1.86. The van der Waals surface area contributed by atoms with E-state index >= 15 is 0 Å². The van der Waals surface area contributed by atoms with Crippen molar-refractivity contribution in [3.63, 3.8) is 0 Å². The zero-order valence-electron chi connectivity index (χ0n) is 19.9. The quantitative estimate of drug-likeness (QED) is 0.565. The number of hydrogen-bond acceptors (Lipinski definition) is 4. The van der Waals surface area contributed by atoms with Gasteiger partial charge in [0.2, 0.25) is 11.8 Å². The van der Waals surface area contributed by atoms with Crippen LogP contribution < -0.4 is 15.5 Å². The number of nitrogens with one attached hydrogen (secondary N) is 2. The monoisotopic (exact) mass is 502 g/mol. The topological polar surface area (TPSA) is 64.7 Å². The molecule has 5 fully saturated rings. The van der Waals surface area contributed by atoms with E-state index in [2.05, 4.69) is 15.5 Å². The molecule has 1 aromatic rings. The minimum atomic E-state index is 0.0293. The van der Waals surface area contributed by atoms with Crippen LogP contribution in [0.3, 0.4) is 0 Å². The summed E-state index contributed by atoms with van der Waals surface area (Å²) in [5.74, 6) is 2.73. The fourth-order valence-electron chi connectivity index (χ4n) is 7.44. The van der Waals surface area contributed by atoms with E-state index in [1.165, 1.54) is 38.5 Å². The molecule has 6 rings (SSSR count). The molecular formula is C26H35ClN4O2S. The summed E-state index contributed by atoms with van der Waals surface area (Å²) in [7, 11) is 0. The van der Waals surface area contributed by atoms with Gasteiger partial charge in [-0.05, 0) is 92.1 Å². The lowest BCUT2D eigenvalue weighted by atomic mass is 9.49. The maximum absolute atomic E-state index is 12.9. The lowest BCUT2D eigenvalue weighted by Gasteiger charge is -2.56. The first-order valence-electron chi connectivity index (χ1n) is 12.8. The average Bonchev–Trinajstić information content (AvgIpc) is 2.77. The van der Waals surface area contributed by atoms with Gasteiger partial charge in [0.05, 0.1) is 10.7 Å². The molecule has 4 aliphatic carbocycles. The Bertz CT molecular complexity index is 940. The predicted octanol–water partition coefficient (Wildman–Crippen LogP) is 4.82. The first-order valence-corrected chi connectivity index (χ1v) is 13.5. The number of carbonyl (C=O) groups excluding carboxylic acids is 2. The van der Waals surface area contributed by atoms with E-state index in [4.69, 9.17) is 23.8 Å². The van der Waals surface area contributed by atoms with Gasteiger partial charge in [-0.2, -0.15) is 0 Å². The van der Waals surface area contributed by atoms with Crippen LogP contribution in [0.4, 0.5) is 11.4 Å². The molecule has 1 aromatic carbocycles. The fraction of sp³-hybridized carbons (Fsp3) is 0.654. The van der Waals surface area contributed by atoms with Crippen molar-refractivity contribution in [2.45, 2.75) is 58.3 Å². The van der Waals surface area contributed by atoms with Crippen LogP contribution in [0.25, 0.3) is 0 Å². The van der Waals surface area contributed by atoms with Crippen molar-refractivity contribution in [2.24, 2.45) is 23.2 Å². The number of benzene rings is 1. The number of amides is 2. The second kappa shape index (κ2) is 9.65. The van der Waals surface area contributed by atoms with E-state index < -0.39 is 0 Å². The second-order valence-corrected chi connectivity index (χ2v) is 11.8. The van der Waals surface area contributed by atoms with E-state index in [0.717, 1.165) is 42.2 Å². The van der Waals surface area contributed by atoms with Crippen molar-refractivity contribution in [3.05, 3.63) is 23.2 Å². The molecule has 184 valence electrons. The van der Waals surface area contributed by atoms with E-state index in [-0.39, 0.29) is 17.2 Å². The molecule has 6 nitrogen and oxygen atoms in total. The summed E-state index contributed by atoms with van der Waals surface area (Å²) >= 11 is 12.0. The molecule has 0 unspecified atom stereocenters. The van der Waals surface area contributed by atoms with Gasteiger partial charge in [-0.1, -0.05) is 18.5 Å². The largest absolute Gasteiger partial charge is 0.367 e. The Morgan fingerprint density at radius 2 is 1.68 bits per heavy atom. The summed E-state index contributed by atoms with van der Waals surface area (Å²) in [6, 6.07) is 5.75. The third kappa shape index (κ3) is 5.06. The van der Waals surface area contributed by atoms with E-state index in [0.29, 0.717) is 36.1 Å². The van der Waals surface area contributed by atoms with Crippen LogP contribution >= 0.6 is 23.8 Å². The normalized spacial score (nSPS) is 29.8. The molecule has 0 spiro atoms. The summed E-state index contributed by atoms with van der Waals surface area (Å²) in [5.41, 5.74) is 1.91. The summed E-state index contributed by atoms with van der Waals surface area (Å²) in [5, 5.41) is 6.99. The lowest BCUT2D eigenvalue weighted by Crippen LogP contribution is -2.48. The highest BCUT2D eigenvalue weighted by Gasteiger charge is 2.51. The predicted molar refractivity (Wildman–Crippen MR) is 140 cm³/mol. The molecule has 4 saturated carbocycles. The number of halogens is 1. The van der Waals surface area contributed by atoms with Crippen LogP contribution in [0, 0.1) is 23.2 Å². The number of thiocarbonyl (C=S) groups is 1. The highest BCUT2D eigenvalue weighted by Crippen LogP contribution is 2.61. The van der Waals surface area contributed by atoms with Crippen LogP contribution in [0.2, 0.25) is 5.02 Å². The molecule has 1 heterocycles. The zero-order valence-corrected chi connectivity index (χ0v) is 21.5. The maximum Gasteiger partial charge on any atom is 0.226 e. The first-order chi connectivity index (χ1) is 16.3. The molecule has 2 N–H and O–H groups in total. The molecule has 1 aliphatic heterocycles. The van der Waals surface area contributed by atoms with Crippen LogP contribution in [-0.4, -0.2) is 48.0 Å². The Balaban J connectivity index is 1.13. The van der Waals surface area contributed by atoms with Crippen molar-refractivity contribution in [2.75, 3.05) is 36.4 Å². The van der Waals surface area contributed by atoms with Crippen molar-refractivity contribution in [1.82, 2.24) is 10.2 Å². The van der Waals surface area contributed by atoms with Gasteiger partial charge in [0.1, 0.15) is 0 Å². The lowest BCUT2D eigenvalue weighted by molar-refractivity contribution is -0.131. The number of carbonyl (C=O) groups is 2. The van der Waals surface area contributed by atoms with Gasteiger partial charge in [0.25, 0.3) is 0 Å². The molecule has 4 bridgehead atoms. The standard InChI is InChI=1S/C26H35ClN4O2S/c1-2-24(33)31-7-5-30(6-8-31)22-4-3-20(12-21(22)27)28-25(34)29-23(32)16-26-13-17-9-18(14-26)11-19(10-17)15-26/h3-4,12,17-19H,2,5-11,13-16H2,1H3,(H2,28,29,32,34). The van der Waals surface area contributed by atoms with Gasteiger partial charge in [0.15, 0.2) is 5.11 Å². The Labute approximate surface area is 212 Å². The van der Waals surface area contributed by atoms with Crippen LogP contribution in [0.15, 0.2) is 18.2 Å². The molecule has 0 radical (unpaired) electrons. The highest BCUT2D eigenvalue weighted by molar-refractivity contribution is 7.80. The molecule has 5 aliphatic rings. The van der Waals surface area contributed by atoms with Crippen LogP contribution in [0.5, 0.6) is 0 Å². The Kier molecular flexibility index (Phi) is 6.77. The maximum atomic E-state index is 12.9. The van der Waals surface area contributed by atoms with Gasteiger partial charge in [-0.25, -0.2) is 0 Å². The molecule has 0 atom stereocenters. The van der Waals surface area contributed by atoms with Crippen LogP contribution in [-0.2, 0) is 9.59 Å². The summed E-state index contributed by atoms with van der Waals surface area (Å²) in [4.78, 5) is 28.9. The van der Waals surface area contributed by atoms with E-state index in [1.54, 1.807) is 0 Å². The summed E-state index contributed by atoms with van der Waals surface area (Å²) in [6.07, 6.45) is 8.91. The van der Waals surface area contributed by atoms with Crippen molar-refractivity contribution in [1.29, 1.82) is 0 Å². The number of anilines is 2. The van der Waals surface area contributed by atoms with Gasteiger partial charge >= 0.3 is 0 Å². The molecule has 8 heteroatoms. The van der Waals surface area contributed by atoms with Gasteiger partial charge in [-0.15, -0.1) is 0 Å². The minimum Gasteiger partial charge on any atom is -0.367 e. The van der Waals surface area contributed by atoms with Gasteiger partial charge in [0, 0.05) is 44.7 Å². The molecule has 0 aromatic heterocycles. The van der Waals surface area contributed by atoms with E-state index in [9.17, 15) is 9.59 Å². The zero-order chi connectivity index (χ0) is 23.9. The average molecular weight is 503 g/mol. The third-order valence-corrected chi connectivity index (χ3v) is 8.94. The number of hydrogen-bond donors (Lipinski definition) is 2. The smallest absolute Gasteiger partial charge is 0.226 e. The second-order valence-electron chi connectivity index (χ2n) is 11.0. The van der Waals surface area contributed by atoms with Crippen molar-refractivity contribution < 1.29 is 9.59 Å². The Morgan fingerprint density at radius 1 is 1.06 bits per heavy atom. The molecule has 34 heavy (non-hydrogen) atoms. The third-order valence-electron chi connectivity index (χ3n) is 8.43. The molecule has 2 amide bonds. The minimum absolute atomic E-state index is 0.0293. The van der Waals surface area contributed by atoms with E-state index in [1.807, 2.05) is 30.0 Å². The van der Waals surface area contributed by atoms with Gasteiger partial charge in [-0.3, -0.25) is 9.59 Å². The summed E-state index contributed by atoms with van der Waals surface area (Å²) in [6.45, 7) is 4.84. The number of piperazine rings is 1. The number of rotatable bonds is 5. The van der Waals surface area contributed by atoms with Crippen molar-refractivity contribution in [3.8, 4) is 0 Å². The summed E-state index contributed by atoms with van der Waals surface area (Å²) < 4.78 is 0.